The lowest BCUT2D eigenvalue weighted by Crippen LogP contribution is -2.53. The summed E-state index contributed by atoms with van der Waals surface area (Å²) in [7, 11) is 1.67. The number of carbonyl (C=O) groups is 2. The van der Waals surface area contributed by atoms with Crippen molar-refractivity contribution in [3.8, 4) is 0 Å². The number of amides is 2. The van der Waals surface area contributed by atoms with E-state index in [-0.39, 0.29) is 41.6 Å². The van der Waals surface area contributed by atoms with Gasteiger partial charge in [0.25, 0.3) is 11.8 Å². The number of nitrogens with zero attached hydrogens (tertiary/aromatic N) is 1. The Hall–Kier alpha value is -4.61. The van der Waals surface area contributed by atoms with E-state index in [1.807, 2.05) is 37.3 Å². The third-order valence-electron chi connectivity index (χ3n) is 9.81. The molecular formula is C40H42F5N3O3. The van der Waals surface area contributed by atoms with Gasteiger partial charge >= 0.3 is 6.18 Å². The summed E-state index contributed by atoms with van der Waals surface area (Å²) in [5, 5.41) is 17.7. The molecule has 1 saturated carbocycles. The number of benzene rings is 4. The molecule has 0 aliphatic heterocycles. The van der Waals surface area contributed by atoms with E-state index in [0.717, 1.165) is 55.2 Å². The molecule has 0 bridgehead atoms. The lowest BCUT2D eigenvalue weighted by atomic mass is 9.76. The van der Waals surface area contributed by atoms with Crippen LogP contribution in [0.1, 0.15) is 88.0 Å². The highest BCUT2D eigenvalue weighted by molar-refractivity contribution is 5.99. The number of nitrogens with one attached hydrogen (secondary N) is 2. The first-order valence-corrected chi connectivity index (χ1v) is 17.0. The Morgan fingerprint density at radius 1 is 0.843 bits per heavy atom. The maximum absolute atomic E-state index is 14.2. The highest BCUT2D eigenvalue weighted by Crippen LogP contribution is 2.39. The summed E-state index contributed by atoms with van der Waals surface area (Å²) in [4.78, 5) is 28.7. The maximum atomic E-state index is 14.2. The molecule has 11 heteroatoms. The lowest BCUT2D eigenvalue weighted by Gasteiger charge is -2.40. The summed E-state index contributed by atoms with van der Waals surface area (Å²) in [6.45, 7) is 1.75. The Morgan fingerprint density at radius 3 is 2.16 bits per heavy atom. The molecule has 6 nitrogen and oxygen atoms in total. The van der Waals surface area contributed by atoms with Crippen molar-refractivity contribution < 1.29 is 36.6 Å². The predicted octanol–water partition coefficient (Wildman–Crippen LogP) is 7.97. The number of aliphatic hydroxyl groups excluding tert-OH is 1. The second kappa shape index (κ2) is 16.2. The van der Waals surface area contributed by atoms with Crippen LogP contribution in [0.2, 0.25) is 0 Å². The molecule has 0 radical (unpaired) electrons. The van der Waals surface area contributed by atoms with Crippen LogP contribution in [0.15, 0.2) is 97.1 Å². The van der Waals surface area contributed by atoms with Crippen LogP contribution in [0.5, 0.6) is 0 Å². The Labute approximate surface area is 294 Å². The number of aliphatic hydroxyl groups is 1. The molecule has 51 heavy (non-hydrogen) atoms. The number of carbonyl (C=O) groups excluding carboxylic acids is 2. The number of hydrogen-bond acceptors (Lipinski definition) is 4. The van der Waals surface area contributed by atoms with Gasteiger partial charge in [0.05, 0.1) is 23.8 Å². The smallest absolute Gasteiger partial charge is 0.390 e. The molecule has 4 aromatic carbocycles. The monoisotopic (exact) mass is 707 g/mol. The van der Waals surface area contributed by atoms with Gasteiger partial charge in [-0.25, -0.2) is 8.78 Å². The van der Waals surface area contributed by atoms with Crippen molar-refractivity contribution in [2.75, 3.05) is 13.6 Å². The zero-order valence-corrected chi connectivity index (χ0v) is 28.5. The third-order valence-corrected chi connectivity index (χ3v) is 9.81. The Balaban J connectivity index is 1.37. The second-order valence-electron chi connectivity index (χ2n) is 13.3. The van der Waals surface area contributed by atoms with E-state index < -0.39 is 47.0 Å². The van der Waals surface area contributed by atoms with Crippen LogP contribution < -0.4 is 10.6 Å². The molecule has 2 amide bonds. The second-order valence-corrected chi connectivity index (χ2v) is 13.3. The minimum Gasteiger partial charge on any atom is -0.390 e. The van der Waals surface area contributed by atoms with Crippen molar-refractivity contribution in [3.63, 3.8) is 0 Å². The lowest BCUT2D eigenvalue weighted by molar-refractivity contribution is -0.137. The molecule has 0 heterocycles. The van der Waals surface area contributed by atoms with E-state index in [4.69, 9.17) is 0 Å². The van der Waals surface area contributed by atoms with Gasteiger partial charge in [-0.1, -0.05) is 67.8 Å². The average Bonchev–Trinajstić information content (AvgIpc) is 3.12. The van der Waals surface area contributed by atoms with E-state index in [1.54, 1.807) is 30.1 Å². The first kappa shape index (κ1) is 37.6. The summed E-state index contributed by atoms with van der Waals surface area (Å²) in [6.07, 6.45) is -2.51. The van der Waals surface area contributed by atoms with E-state index in [9.17, 15) is 36.6 Å². The number of rotatable bonds is 12. The average molecular weight is 708 g/mol. The SMILES string of the molecule is C[C@H](c1ccccc1)N(C)C(=O)c1cccc(C(=O)N[C@@H](Cc2cc(F)cc(F)c2)[C@H](O)CNC2(c3cccc(C(F)(F)F)c3)CCCCC2)c1. The molecule has 0 unspecified atom stereocenters. The molecule has 0 saturated heterocycles. The Kier molecular flexibility index (Phi) is 11.9. The van der Waals surface area contributed by atoms with Gasteiger partial charge in [-0.15, -0.1) is 0 Å². The van der Waals surface area contributed by atoms with Crippen molar-refractivity contribution in [2.24, 2.45) is 0 Å². The summed E-state index contributed by atoms with van der Waals surface area (Å²) in [5.41, 5.74) is 0.325. The largest absolute Gasteiger partial charge is 0.416 e. The van der Waals surface area contributed by atoms with Crippen LogP contribution in [0.3, 0.4) is 0 Å². The van der Waals surface area contributed by atoms with Crippen LogP contribution in [0, 0.1) is 11.6 Å². The predicted molar refractivity (Wildman–Crippen MR) is 185 cm³/mol. The minimum atomic E-state index is -4.53. The molecule has 0 spiro atoms. The molecule has 4 aromatic rings. The molecule has 1 aliphatic carbocycles. The van der Waals surface area contributed by atoms with Crippen LogP contribution in [-0.4, -0.2) is 47.6 Å². The fourth-order valence-corrected chi connectivity index (χ4v) is 6.80. The molecule has 270 valence electrons. The van der Waals surface area contributed by atoms with Crippen molar-refractivity contribution in [1.82, 2.24) is 15.5 Å². The molecular weight excluding hydrogens is 665 g/mol. The van der Waals surface area contributed by atoms with E-state index in [1.165, 1.54) is 18.2 Å². The van der Waals surface area contributed by atoms with Crippen LogP contribution in [0.25, 0.3) is 0 Å². The van der Waals surface area contributed by atoms with Gasteiger partial charge in [0.15, 0.2) is 0 Å². The zero-order valence-electron chi connectivity index (χ0n) is 28.5. The molecule has 3 atom stereocenters. The Bertz CT molecular complexity index is 1790. The highest BCUT2D eigenvalue weighted by atomic mass is 19.4. The highest BCUT2D eigenvalue weighted by Gasteiger charge is 2.38. The third kappa shape index (κ3) is 9.39. The van der Waals surface area contributed by atoms with Crippen LogP contribution >= 0.6 is 0 Å². The van der Waals surface area contributed by atoms with Gasteiger partial charge < -0.3 is 20.6 Å². The van der Waals surface area contributed by atoms with Crippen LogP contribution in [-0.2, 0) is 18.1 Å². The van der Waals surface area contributed by atoms with Gasteiger partial charge in [-0.3, -0.25) is 9.59 Å². The van der Waals surface area contributed by atoms with E-state index in [0.29, 0.717) is 18.4 Å². The van der Waals surface area contributed by atoms with Crippen molar-refractivity contribution >= 4 is 11.8 Å². The van der Waals surface area contributed by atoms with Crippen LogP contribution in [0.4, 0.5) is 22.0 Å². The molecule has 0 aromatic heterocycles. The van der Waals surface area contributed by atoms with Crippen molar-refractivity contribution in [2.45, 2.75) is 75.4 Å². The summed E-state index contributed by atoms with van der Waals surface area (Å²) >= 11 is 0. The van der Waals surface area contributed by atoms with Gasteiger partial charge in [-0.2, -0.15) is 13.2 Å². The summed E-state index contributed by atoms with van der Waals surface area (Å²) in [5.74, 6) is -2.60. The number of alkyl halides is 3. The Morgan fingerprint density at radius 2 is 1.49 bits per heavy atom. The number of halogens is 5. The minimum absolute atomic E-state index is 0.130. The summed E-state index contributed by atoms with van der Waals surface area (Å²) < 4.78 is 69.3. The first-order chi connectivity index (χ1) is 24.3. The van der Waals surface area contributed by atoms with E-state index in [2.05, 4.69) is 10.6 Å². The van der Waals surface area contributed by atoms with Crippen molar-refractivity contribution in [1.29, 1.82) is 0 Å². The number of hydrogen-bond donors (Lipinski definition) is 3. The summed E-state index contributed by atoms with van der Waals surface area (Å²) in [6, 6.07) is 22.4. The topological polar surface area (TPSA) is 81.7 Å². The first-order valence-electron chi connectivity index (χ1n) is 17.0. The van der Waals surface area contributed by atoms with Gasteiger partial charge in [0.2, 0.25) is 0 Å². The molecule has 1 fully saturated rings. The van der Waals surface area contributed by atoms with Gasteiger partial charge in [0, 0.05) is 36.3 Å². The fourth-order valence-electron chi connectivity index (χ4n) is 6.80. The molecule has 5 rings (SSSR count). The fraction of sp³-hybridized carbons (Fsp3) is 0.350. The maximum Gasteiger partial charge on any atom is 0.416 e. The normalized spacial score (nSPS) is 16.2. The zero-order chi connectivity index (χ0) is 36.8. The van der Waals surface area contributed by atoms with Gasteiger partial charge in [-0.05, 0) is 85.3 Å². The van der Waals surface area contributed by atoms with Crippen molar-refractivity contribution in [3.05, 3.63) is 142 Å². The quantitative estimate of drug-likeness (QED) is 0.131. The van der Waals surface area contributed by atoms with E-state index >= 15 is 0 Å². The molecule has 3 N–H and O–H groups in total. The molecule has 1 aliphatic rings. The standard InChI is InChI=1S/C40H42F5N3O3/c1-26(28-11-5-3-6-12-28)48(2)38(51)30-14-9-13-29(22-30)37(50)47-35(21-27-19-33(41)24-34(42)20-27)36(49)25-46-39(17-7-4-8-18-39)31-15-10-16-32(23-31)40(43,44)45/h3,5-6,9-16,19-20,22-24,26,35-36,46,49H,4,7-8,17-18,21,25H2,1-2H3,(H,47,50)/t26-,35+,36-/m1/s1. The van der Waals surface area contributed by atoms with Gasteiger partial charge in [0.1, 0.15) is 11.6 Å².